The Morgan fingerprint density at radius 1 is 0.886 bits per heavy atom. The fourth-order valence-corrected chi connectivity index (χ4v) is 3.58. The van der Waals surface area contributed by atoms with E-state index in [-0.39, 0.29) is 17.9 Å². The van der Waals surface area contributed by atoms with E-state index in [1.165, 1.54) is 38.1 Å². The molecule has 0 radical (unpaired) electrons. The molecule has 0 aromatic heterocycles. The maximum Gasteiger partial charge on any atom is 0.338 e. The predicted octanol–water partition coefficient (Wildman–Crippen LogP) is 2.95. The summed E-state index contributed by atoms with van der Waals surface area (Å²) in [5.74, 6) is -2.14. The summed E-state index contributed by atoms with van der Waals surface area (Å²) < 4.78 is 28.0. The second-order valence-corrected chi connectivity index (χ2v) is 7.83. The van der Waals surface area contributed by atoms with Crippen molar-refractivity contribution in [3.05, 3.63) is 75.8 Å². The second-order valence-electron chi connectivity index (χ2n) is 7.83. The monoisotopic (exact) mass is 487 g/mol. The zero-order valence-electron chi connectivity index (χ0n) is 19.3. The van der Waals surface area contributed by atoms with Crippen LogP contribution in [0.5, 0.6) is 0 Å². The molecule has 0 saturated carbocycles. The number of hydrogen-bond acceptors (Lipinski definition) is 10. The number of esters is 3. The lowest BCUT2D eigenvalue weighted by Gasteiger charge is -2.43. The van der Waals surface area contributed by atoms with Gasteiger partial charge in [0, 0.05) is 26.0 Å². The third kappa shape index (κ3) is 6.84. The minimum absolute atomic E-state index is 0.0655. The number of carbonyl (C=O) groups excluding carboxylic acids is 3. The Kier molecular flexibility index (Phi) is 8.50. The molecule has 35 heavy (non-hydrogen) atoms. The first-order valence-electron chi connectivity index (χ1n) is 10.8. The first kappa shape index (κ1) is 25.8. The van der Waals surface area contributed by atoms with Gasteiger partial charge in [-0.15, -0.1) is 0 Å². The molecule has 0 unspecified atom stereocenters. The largest absolute Gasteiger partial charge is 0.453 e. The molecule has 11 heteroatoms. The highest BCUT2D eigenvalue weighted by molar-refractivity contribution is 5.89. The Morgan fingerprint density at radius 2 is 1.51 bits per heavy atom. The Bertz CT molecular complexity index is 1060. The summed E-state index contributed by atoms with van der Waals surface area (Å²) >= 11 is 0. The smallest absolute Gasteiger partial charge is 0.338 e. The van der Waals surface area contributed by atoms with E-state index in [1.54, 1.807) is 6.92 Å². The van der Waals surface area contributed by atoms with E-state index in [1.807, 2.05) is 30.3 Å². The van der Waals surface area contributed by atoms with E-state index < -0.39 is 53.5 Å². The zero-order chi connectivity index (χ0) is 25.5. The number of nitrogens with zero attached hydrogens (tertiary/aromatic N) is 1. The van der Waals surface area contributed by atoms with Gasteiger partial charge in [0.15, 0.2) is 12.2 Å². The van der Waals surface area contributed by atoms with Gasteiger partial charge in [-0.3, -0.25) is 19.7 Å². The highest BCUT2D eigenvalue weighted by Crippen LogP contribution is 2.30. The Labute approximate surface area is 201 Å². The van der Waals surface area contributed by atoms with E-state index in [9.17, 15) is 24.5 Å². The summed E-state index contributed by atoms with van der Waals surface area (Å²) in [6, 6.07) is 14.0. The van der Waals surface area contributed by atoms with E-state index in [0.29, 0.717) is 0 Å². The molecule has 0 bridgehead atoms. The van der Waals surface area contributed by atoms with Crippen molar-refractivity contribution in [3.8, 4) is 0 Å². The summed E-state index contributed by atoms with van der Waals surface area (Å²) in [7, 11) is 0. The molecule has 186 valence electrons. The van der Waals surface area contributed by atoms with Gasteiger partial charge in [-0.2, -0.15) is 0 Å². The van der Waals surface area contributed by atoms with E-state index in [4.69, 9.17) is 23.7 Å². The lowest BCUT2D eigenvalue weighted by Crippen LogP contribution is -2.61. The molecular weight excluding hydrogens is 462 g/mol. The first-order chi connectivity index (χ1) is 16.7. The van der Waals surface area contributed by atoms with Crippen molar-refractivity contribution >= 4 is 23.6 Å². The highest BCUT2D eigenvalue weighted by Gasteiger charge is 2.50. The molecule has 2 aromatic rings. The van der Waals surface area contributed by atoms with Crippen LogP contribution in [0, 0.1) is 10.1 Å². The lowest BCUT2D eigenvalue weighted by molar-refractivity contribution is -0.384. The van der Waals surface area contributed by atoms with Crippen LogP contribution in [-0.2, 0) is 39.9 Å². The SMILES string of the molecule is CC(=O)O[C@@H]1O[C@@H](C)[C@H](OC(=O)c2ccc([N+](=O)[O-])cc2)[C@@H](OCc2ccccc2)[C@H]1OC(C)=O. The summed E-state index contributed by atoms with van der Waals surface area (Å²) in [4.78, 5) is 46.6. The minimum Gasteiger partial charge on any atom is -0.453 e. The zero-order valence-corrected chi connectivity index (χ0v) is 19.3. The summed E-state index contributed by atoms with van der Waals surface area (Å²) in [5.41, 5.74) is 0.688. The third-order valence-electron chi connectivity index (χ3n) is 5.15. The summed E-state index contributed by atoms with van der Waals surface area (Å²) in [5, 5.41) is 10.9. The van der Waals surface area contributed by atoms with Crippen molar-refractivity contribution in [2.75, 3.05) is 0 Å². The Balaban J connectivity index is 1.88. The standard InChI is InChI=1S/C24H25NO10/c1-14-20(35-23(28)18-9-11-19(12-10-18)25(29)30)21(31-13-17-7-5-4-6-8-17)22(33-15(2)26)24(32-14)34-16(3)27/h4-12,14,20-22,24H,13H2,1-3H3/t14-,20-,21+,22+,24-/m0/s1. The molecule has 1 heterocycles. The van der Waals surface area contributed by atoms with Gasteiger partial charge in [-0.25, -0.2) is 4.79 Å². The van der Waals surface area contributed by atoms with Crippen molar-refractivity contribution in [2.24, 2.45) is 0 Å². The van der Waals surface area contributed by atoms with Crippen molar-refractivity contribution < 1.29 is 43.0 Å². The van der Waals surface area contributed by atoms with Gasteiger partial charge in [0.05, 0.1) is 23.2 Å². The molecule has 1 aliphatic rings. The van der Waals surface area contributed by atoms with E-state index >= 15 is 0 Å². The maximum absolute atomic E-state index is 12.9. The minimum atomic E-state index is -1.29. The van der Waals surface area contributed by atoms with Crippen molar-refractivity contribution in [1.29, 1.82) is 0 Å². The molecule has 11 nitrogen and oxygen atoms in total. The molecule has 0 spiro atoms. The van der Waals surface area contributed by atoms with Crippen molar-refractivity contribution in [1.82, 2.24) is 0 Å². The van der Waals surface area contributed by atoms with Gasteiger partial charge in [0.25, 0.3) is 5.69 Å². The van der Waals surface area contributed by atoms with Crippen LogP contribution >= 0.6 is 0 Å². The molecule has 0 N–H and O–H groups in total. The Morgan fingerprint density at radius 3 is 2.09 bits per heavy atom. The molecule has 2 aromatic carbocycles. The fraction of sp³-hybridized carbons (Fsp3) is 0.375. The van der Waals surface area contributed by atoms with Crippen molar-refractivity contribution in [3.63, 3.8) is 0 Å². The number of benzene rings is 2. The van der Waals surface area contributed by atoms with Crippen LogP contribution in [0.1, 0.15) is 36.7 Å². The number of hydrogen-bond donors (Lipinski definition) is 0. The van der Waals surface area contributed by atoms with E-state index in [0.717, 1.165) is 5.56 Å². The molecule has 1 fully saturated rings. The highest BCUT2D eigenvalue weighted by atomic mass is 16.7. The number of nitro benzene ring substituents is 1. The number of rotatable bonds is 8. The topological polar surface area (TPSA) is 140 Å². The van der Waals surface area contributed by atoms with Crippen LogP contribution in [0.25, 0.3) is 0 Å². The summed E-state index contributed by atoms with van der Waals surface area (Å²) in [6.45, 7) is 4.02. The Hall–Kier alpha value is -3.83. The van der Waals surface area contributed by atoms with Crippen LogP contribution in [0.15, 0.2) is 54.6 Å². The molecule has 3 rings (SSSR count). The molecule has 1 aliphatic heterocycles. The maximum atomic E-state index is 12.9. The van der Waals surface area contributed by atoms with Crippen LogP contribution < -0.4 is 0 Å². The van der Waals surface area contributed by atoms with Gasteiger partial charge in [0.2, 0.25) is 6.29 Å². The van der Waals surface area contributed by atoms with Crippen LogP contribution in [0.3, 0.4) is 0 Å². The molecule has 5 atom stereocenters. The van der Waals surface area contributed by atoms with Crippen LogP contribution in [0.4, 0.5) is 5.69 Å². The number of nitro groups is 1. The second kappa shape index (κ2) is 11.5. The number of non-ortho nitro benzene ring substituents is 1. The number of ether oxygens (including phenoxy) is 5. The van der Waals surface area contributed by atoms with Gasteiger partial charge in [-0.1, -0.05) is 30.3 Å². The summed E-state index contributed by atoms with van der Waals surface area (Å²) in [6.07, 6.45) is -5.48. The lowest BCUT2D eigenvalue weighted by atomic mass is 9.98. The molecular formula is C24H25NO10. The average Bonchev–Trinajstić information content (AvgIpc) is 2.81. The van der Waals surface area contributed by atoms with Crippen LogP contribution in [0.2, 0.25) is 0 Å². The molecule has 0 amide bonds. The van der Waals surface area contributed by atoms with Crippen LogP contribution in [-0.4, -0.2) is 53.5 Å². The fourth-order valence-electron chi connectivity index (χ4n) is 3.58. The van der Waals surface area contributed by atoms with Gasteiger partial charge >= 0.3 is 17.9 Å². The predicted molar refractivity (Wildman–Crippen MR) is 119 cm³/mol. The average molecular weight is 487 g/mol. The quantitative estimate of drug-likeness (QED) is 0.236. The number of carbonyl (C=O) groups is 3. The van der Waals surface area contributed by atoms with E-state index in [2.05, 4.69) is 0 Å². The third-order valence-corrected chi connectivity index (χ3v) is 5.15. The first-order valence-corrected chi connectivity index (χ1v) is 10.8. The van der Waals surface area contributed by atoms with Crippen molar-refractivity contribution in [2.45, 2.75) is 58.1 Å². The normalized spacial score (nSPS) is 23.7. The molecule has 0 aliphatic carbocycles. The van der Waals surface area contributed by atoms with Gasteiger partial charge in [-0.05, 0) is 24.6 Å². The van der Waals surface area contributed by atoms with Gasteiger partial charge < -0.3 is 23.7 Å². The molecule has 1 saturated heterocycles. The van der Waals surface area contributed by atoms with Gasteiger partial charge in [0.1, 0.15) is 6.10 Å².